The second-order valence-electron chi connectivity index (χ2n) is 4.72. The Bertz CT molecular complexity index is 733. The second-order valence-corrected chi connectivity index (χ2v) is 6.04. The van der Waals surface area contributed by atoms with E-state index in [1.54, 1.807) is 24.3 Å². The Labute approximate surface area is 147 Å². The van der Waals surface area contributed by atoms with Crippen molar-refractivity contribution in [1.29, 1.82) is 0 Å². The van der Waals surface area contributed by atoms with Crippen molar-refractivity contribution in [2.24, 2.45) is 5.10 Å². The molecule has 0 aromatic heterocycles. The maximum absolute atomic E-state index is 11.6. The number of carbonyl (C=O) groups is 1. The van der Waals surface area contributed by atoms with Crippen LogP contribution in [0.1, 0.15) is 11.1 Å². The van der Waals surface area contributed by atoms with Gasteiger partial charge in [0.15, 0.2) is 6.61 Å². The lowest BCUT2D eigenvalue weighted by Gasteiger charge is -2.05. The van der Waals surface area contributed by atoms with Gasteiger partial charge in [-0.25, -0.2) is 5.43 Å². The Kier molecular flexibility index (Phi) is 6.01. The highest BCUT2D eigenvalue weighted by atomic mass is 79.9. The molecule has 0 spiro atoms. The Morgan fingerprint density at radius 3 is 2.78 bits per heavy atom. The van der Waals surface area contributed by atoms with Gasteiger partial charge in [0.05, 0.1) is 11.2 Å². The third-order valence-electron chi connectivity index (χ3n) is 2.84. The first-order chi connectivity index (χ1) is 11.0. The van der Waals surface area contributed by atoms with Crippen LogP contribution >= 0.6 is 27.5 Å². The minimum atomic E-state index is -0.414. The minimum Gasteiger partial charge on any atom is -0.506 e. The van der Waals surface area contributed by atoms with Gasteiger partial charge in [-0.3, -0.25) is 4.79 Å². The molecule has 0 saturated heterocycles. The molecule has 5 nitrogen and oxygen atoms in total. The van der Waals surface area contributed by atoms with Crippen LogP contribution in [-0.4, -0.2) is 23.8 Å². The van der Waals surface area contributed by atoms with Crippen LogP contribution in [0.15, 0.2) is 46.0 Å². The fourth-order valence-corrected chi connectivity index (χ4v) is 2.51. The van der Waals surface area contributed by atoms with Gasteiger partial charge in [-0.15, -0.1) is 0 Å². The van der Waals surface area contributed by atoms with E-state index in [4.69, 9.17) is 16.3 Å². The van der Waals surface area contributed by atoms with Crippen LogP contribution in [0.4, 0.5) is 0 Å². The van der Waals surface area contributed by atoms with Crippen LogP contribution in [0.2, 0.25) is 5.02 Å². The lowest BCUT2D eigenvalue weighted by molar-refractivity contribution is -0.123. The first-order valence-corrected chi connectivity index (χ1v) is 7.82. The van der Waals surface area contributed by atoms with Gasteiger partial charge >= 0.3 is 0 Å². The molecule has 1 amide bonds. The Morgan fingerprint density at radius 2 is 2.09 bits per heavy atom. The number of amides is 1. The zero-order valence-corrected chi connectivity index (χ0v) is 14.6. The molecule has 0 aliphatic rings. The summed E-state index contributed by atoms with van der Waals surface area (Å²) in [6, 6.07) is 10.5. The molecule has 2 aromatic rings. The van der Waals surface area contributed by atoms with Gasteiger partial charge in [0.25, 0.3) is 5.91 Å². The van der Waals surface area contributed by atoms with E-state index in [1.165, 1.54) is 6.21 Å². The summed E-state index contributed by atoms with van der Waals surface area (Å²) in [6.07, 6.45) is 1.30. The molecule has 2 rings (SSSR count). The smallest absolute Gasteiger partial charge is 0.277 e. The predicted octanol–water partition coefficient (Wildman–Crippen LogP) is 3.65. The Morgan fingerprint density at radius 1 is 1.39 bits per heavy atom. The van der Waals surface area contributed by atoms with Crippen LogP contribution in [0, 0.1) is 6.92 Å². The third kappa shape index (κ3) is 5.26. The van der Waals surface area contributed by atoms with Crippen LogP contribution in [0.3, 0.4) is 0 Å². The van der Waals surface area contributed by atoms with Gasteiger partial charge in [0.1, 0.15) is 11.5 Å². The molecular weight excluding hydrogens is 384 g/mol. The van der Waals surface area contributed by atoms with E-state index in [2.05, 4.69) is 26.5 Å². The van der Waals surface area contributed by atoms with Crippen LogP contribution < -0.4 is 10.2 Å². The minimum absolute atomic E-state index is 0.108. The van der Waals surface area contributed by atoms with Crippen LogP contribution in [-0.2, 0) is 4.79 Å². The summed E-state index contributed by atoms with van der Waals surface area (Å²) in [5.41, 5.74) is 3.80. The van der Waals surface area contributed by atoms with E-state index < -0.39 is 5.91 Å². The summed E-state index contributed by atoms with van der Waals surface area (Å²) in [5, 5.41) is 13.7. The summed E-state index contributed by atoms with van der Waals surface area (Å²) in [5.74, 6) is 0.0809. The van der Waals surface area contributed by atoms with Gasteiger partial charge in [-0.2, -0.15) is 5.10 Å². The molecule has 0 aliphatic carbocycles. The lowest BCUT2D eigenvalue weighted by atomic mass is 10.2. The van der Waals surface area contributed by atoms with E-state index in [9.17, 15) is 9.90 Å². The van der Waals surface area contributed by atoms with Crippen molar-refractivity contribution in [3.63, 3.8) is 0 Å². The van der Waals surface area contributed by atoms with E-state index >= 15 is 0 Å². The second kappa shape index (κ2) is 7.99. The van der Waals surface area contributed by atoms with Crippen LogP contribution in [0.25, 0.3) is 0 Å². The molecule has 0 saturated carbocycles. The van der Waals surface area contributed by atoms with E-state index in [1.807, 2.05) is 19.1 Å². The van der Waals surface area contributed by atoms with Crippen molar-refractivity contribution < 1.29 is 14.6 Å². The zero-order valence-electron chi connectivity index (χ0n) is 12.2. The quantitative estimate of drug-likeness (QED) is 0.598. The van der Waals surface area contributed by atoms with Gasteiger partial charge in [0, 0.05) is 10.0 Å². The lowest BCUT2D eigenvalue weighted by Crippen LogP contribution is -2.24. The van der Waals surface area contributed by atoms with Gasteiger partial charge in [-0.1, -0.05) is 45.2 Å². The predicted molar refractivity (Wildman–Crippen MR) is 93.2 cm³/mol. The number of hydrogen-bond donors (Lipinski definition) is 2. The van der Waals surface area contributed by atoms with Crippen LogP contribution in [0.5, 0.6) is 11.5 Å². The molecule has 120 valence electrons. The number of phenols is 1. The maximum atomic E-state index is 11.6. The van der Waals surface area contributed by atoms with E-state index in [0.717, 1.165) is 5.56 Å². The Balaban J connectivity index is 1.88. The van der Waals surface area contributed by atoms with E-state index in [0.29, 0.717) is 15.8 Å². The SMILES string of the molecule is Cc1ccc(OCC(=O)N/N=C\c2cc(Br)cc(Cl)c2O)cc1. The monoisotopic (exact) mass is 396 g/mol. The molecule has 0 bridgehead atoms. The summed E-state index contributed by atoms with van der Waals surface area (Å²) in [6.45, 7) is 1.81. The summed E-state index contributed by atoms with van der Waals surface area (Å²) >= 11 is 9.10. The number of rotatable bonds is 5. The van der Waals surface area contributed by atoms with Crippen molar-refractivity contribution in [1.82, 2.24) is 5.43 Å². The number of aryl methyl sites for hydroxylation is 1. The molecule has 0 atom stereocenters. The maximum Gasteiger partial charge on any atom is 0.277 e. The fraction of sp³-hybridized carbons (Fsp3) is 0.125. The number of phenolic OH excluding ortho intramolecular Hbond substituents is 1. The molecule has 23 heavy (non-hydrogen) atoms. The molecule has 2 N–H and O–H groups in total. The van der Waals surface area contributed by atoms with Gasteiger partial charge in [-0.05, 0) is 31.2 Å². The van der Waals surface area contributed by atoms with Crippen molar-refractivity contribution in [2.75, 3.05) is 6.61 Å². The number of halogens is 2. The molecular formula is C16H14BrClN2O3. The zero-order chi connectivity index (χ0) is 16.8. The normalized spacial score (nSPS) is 10.7. The molecule has 0 aliphatic heterocycles. The number of benzene rings is 2. The highest BCUT2D eigenvalue weighted by molar-refractivity contribution is 9.10. The molecule has 0 fully saturated rings. The molecule has 0 radical (unpaired) electrons. The molecule has 2 aromatic carbocycles. The van der Waals surface area contributed by atoms with E-state index in [-0.39, 0.29) is 17.4 Å². The highest BCUT2D eigenvalue weighted by Gasteiger charge is 2.06. The largest absolute Gasteiger partial charge is 0.506 e. The number of nitrogens with one attached hydrogen (secondary N) is 1. The summed E-state index contributed by atoms with van der Waals surface area (Å²) < 4.78 is 6.01. The van der Waals surface area contributed by atoms with Crippen molar-refractivity contribution in [2.45, 2.75) is 6.92 Å². The molecule has 7 heteroatoms. The summed E-state index contributed by atoms with van der Waals surface area (Å²) in [7, 11) is 0. The number of aromatic hydroxyl groups is 1. The highest BCUT2D eigenvalue weighted by Crippen LogP contribution is 2.30. The first kappa shape index (κ1) is 17.3. The Hall–Kier alpha value is -2.05. The van der Waals surface area contributed by atoms with Gasteiger partial charge in [0.2, 0.25) is 0 Å². The third-order valence-corrected chi connectivity index (χ3v) is 3.59. The molecule has 0 heterocycles. The first-order valence-electron chi connectivity index (χ1n) is 6.65. The van der Waals surface area contributed by atoms with Crippen molar-refractivity contribution in [3.05, 3.63) is 57.0 Å². The van der Waals surface area contributed by atoms with Crippen molar-refractivity contribution in [3.8, 4) is 11.5 Å². The van der Waals surface area contributed by atoms with Crippen molar-refractivity contribution >= 4 is 39.7 Å². The molecule has 0 unspecified atom stereocenters. The fourth-order valence-electron chi connectivity index (χ4n) is 1.67. The van der Waals surface area contributed by atoms with Gasteiger partial charge < -0.3 is 9.84 Å². The number of hydrazone groups is 1. The number of ether oxygens (including phenoxy) is 1. The topological polar surface area (TPSA) is 70.9 Å². The number of carbonyl (C=O) groups excluding carboxylic acids is 1. The number of nitrogens with zero attached hydrogens (tertiary/aromatic N) is 1. The summed E-state index contributed by atoms with van der Waals surface area (Å²) in [4.78, 5) is 11.6. The number of hydrogen-bond acceptors (Lipinski definition) is 4. The average Bonchev–Trinajstić information content (AvgIpc) is 2.51. The standard InChI is InChI=1S/C16H14BrClN2O3/c1-10-2-4-13(5-3-10)23-9-15(21)20-19-8-11-6-12(17)7-14(18)16(11)22/h2-8,22H,9H2,1H3,(H,20,21)/b19-8-. The average molecular weight is 398 g/mol.